The van der Waals surface area contributed by atoms with E-state index in [1.165, 1.54) is 0 Å². The zero-order chi connectivity index (χ0) is 20.6. The highest BCUT2D eigenvalue weighted by Gasteiger charge is 2.47. The van der Waals surface area contributed by atoms with Crippen molar-refractivity contribution >= 4 is 22.7 Å². The number of hydrogen-bond donors (Lipinski definition) is 2. The third-order valence-corrected chi connectivity index (χ3v) is 4.88. The Hall–Kier alpha value is -2.84. The number of likely N-dealkylation sites (tertiary alicyclic amines) is 1. The van der Waals surface area contributed by atoms with Gasteiger partial charge in [-0.15, -0.1) is 0 Å². The van der Waals surface area contributed by atoms with Crippen molar-refractivity contribution in [3.63, 3.8) is 0 Å². The van der Waals surface area contributed by atoms with Gasteiger partial charge in [-0.05, 0) is 49.8 Å². The molecule has 1 atom stereocenters. The fourth-order valence-corrected chi connectivity index (χ4v) is 3.61. The molecule has 1 aliphatic heterocycles. The van der Waals surface area contributed by atoms with E-state index < -0.39 is 24.0 Å². The van der Waals surface area contributed by atoms with Crippen LogP contribution in [0.4, 0.5) is 13.2 Å². The van der Waals surface area contributed by atoms with Gasteiger partial charge in [-0.25, -0.2) is 0 Å². The number of H-pyrrole nitrogens is 1. The van der Waals surface area contributed by atoms with Crippen molar-refractivity contribution in [3.05, 3.63) is 45.2 Å². The summed E-state index contributed by atoms with van der Waals surface area (Å²) < 4.78 is 38.1. The van der Waals surface area contributed by atoms with Crippen LogP contribution in [0.3, 0.4) is 0 Å². The highest BCUT2D eigenvalue weighted by atomic mass is 19.4. The first-order valence-corrected chi connectivity index (χ1v) is 8.86. The van der Waals surface area contributed by atoms with Crippen LogP contribution in [0.25, 0.3) is 10.9 Å². The number of rotatable bonds is 3. The van der Waals surface area contributed by atoms with Gasteiger partial charge in [-0.1, -0.05) is 11.6 Å². The second-order valence-corrected chi connectivity index (χ2v) is 7.04. The molecule has 3 rings (SSSR count). The molecule has 6 nitrogen and oxygen atoms in total. The Labute approximate surface area is 158 Å². The number of fused-ring (bicyclic) bond motifs is 1. The number of amides is 2. The molecule has 1 unspecified atom stereocenters. The van der Waals surface area contributed by atoms with Crippen LogP contribution in [0.1, 0.15) is 29.5 Å². The maximum Gasteiger partial charge on any atom is 0.471 e. The summed E-state index contributed by atoms with van der Waals surface area (Å²) >= 11 is 0. The molecule has 0 radical (unpaired) electrons. The number of hydrogen-bond acceptors (Lipinski definition) is 3. The Kier molecular flexibility index (Phi) is 5.18. The average Bonchev–Trinajstić information content (AvgIpc) is 3.08. The fraction of sp³-hybridized carbons (Fsp3) is 0.421. The van der Waals surface area contributed by atoms with Gasteiger partial charge in [-0.2, -0.15) is 13.2 Å². The van der Waals surface area contributed by atoms with E-state index in [4.69, 9.17) is 0 Å². The second kappa shape index (κ2) is 7.29. The third-order valence-electron chi connectivity index (χ3n) is 4.88. The molecule has 1 aromatic carbocycles. The quantitative estimate of drug-likeness (QED) is 0.837. The molecule has 0 bridgehead atoms. The van der Waals surface area contributed by atoms with Gasteiger partial charge in [0, 0.05) is 18.7 Å². The summed E-state index contributed by atoms with van der Waals surface area (Å²) in [6.45, 7) is 3.54. The first-order chi connectivity index (χ1) is 13.1. The van der Waals surface area contributed by atoms with Crippen molar-refractivity contribution in [2.24, 2.45) is 0 Å². The normalized spacial score (nSPS) is 17.2. The summed E-state index contributed by atoms with van der Waals surface area (Å²) in [6.07, 6.45) is -4.55. The van der Waals surface area contributed by atoms with Gasteiger partial charge in [-0.3, -0.25) is 14.4 Å². The predicted molar refractivity (Wildman–Crippen MR) is 96.7 cm³/mol. The van der Waals surface area contributed by atoms with Crippen molar-refractivity contribution in [2.45, 2.75) is 45.5 Å². The number of aryl methyl sites for hydroxylation is 2. The molecule has 1 aliphatic rings. The number of aromatic nitrogens is 1. The van der Waals surface area contributed by atoms with Crippen LogP contribution in [0.5, 0.6) is 0 Å². The van der Waals surface area contributed by atoms with E-state index in [0.717, 1.165) is 16.5 Å². The van der Waals surface area contributed by atoms with Gasteiger partial charge in [0.25, 0.3) is 5.56 Å². The zero-order valence-corrected chi connectivity index (χ0v) is 15.4. The predicted octanol–water partition coefficient (Wildman–Crippen LogP) is 2.31. The number of nitrogens with zero attached hydrogens (tertiary/aromatic N) is 1. The Balaban J connectivity index is 1.76. The molecule has 2 amide bonds. The molecule has 0 aliphatic carbocycles. The lowest BCUT2D eigenvalue weighted by atomic mass is 10.1. The highest BCUT2D eigenvalue weighted by Crippen LogP contribution is 2.26. The Morgan fingerprint density at radius 2 is 1.96 bits per heavy atom. The van der Waals surface area contributed by atoms with Gasteiger partial charge in [0.1, 0.15) is 6.04 Å². The molecule has 2 heterocycles. The summed E-state index contributed by atoms with van der Waals surface area (Å²) in [6, 6.07) is 4.30. The minimum Gasteiger partial charge on any atom is -0.350 e. The van der Waals surface area contributed by atoms with Crippen LogP contribution in [0.2, 0.25) is 0 Å². The summed E-state index contributed by atoms with van der Waals surface area (Å²) in [4.78, 5) is 39.5. The van der Waals surface area contributed by atoms with Crippen LogP contribution in [0.15, 0.2) is 23.0 Å². The van der Waals surface area contributed by atoms with Gasteiger partial charge in [0.05, 0.1) is 5.52 Å². The molecule has 1 fully saturated rings. The second-order valence-electron chi connectivity index (χ2n) is 7.04. The van der Waals surface area contributed by atoms with E-state index in [1.807, 2.05) is 26.0 Å². The molecule has 0 spiro atoms. The summed E-state index contributed by atoms with van der Waals surface area (Å²) in [5, 5.41) is 3.29. The maximum atomic E-state index is 12.7. The molecule has 1 saturated heterocycles. The van der Waals surface area contributed by atoms with Crippen LogP contribution < -0.4 is 10.9 Å². The molecule has 28 heavy (non-hydrogen) atoms. The van der Waals surface area contributed by atoms with Crippen LogP contribution in [-0.2, 0) is 16.1 Å². The van der Waals surface area contributed by atoms with Crippen molar-refractivity contribution < 1.29 is 22.8 Å². The van der Waals surface area contributed by atoms with Gasteiger partial charge in [0.15, 0.2) is 0 Å². The average molecular weight is 395 g/mol. The van der Waals surface area contributed by atoms with Crippen LogP contribution in [0, 0.1) is 13.8 Å². The minimum absolute atomic E-state index is 0.120. The first kappa shape index (κ1) is 19.9. The largest absolute Gasteiger partial charge is 0.471 e. The van der Waals surface area contributed by atoms with E-state index in [0.29, 0.717) is 16.8 Å². The molecular formula is C19H20F3N3O3. The number of alkyl halides is 3. The van der Waals surface area contributed by atoms with Crippen molar-refractivity contribution in [2.75, 3.05) is 6.54 Å². The van der Waals surface area contributed by atoms with E-state index in [9.17, 15) is 27.6 Å². The SMILES string of the molecule is Cc1cc(C)c2[nH]c(=O)c(CNC(=O)C3CCCN3C(=O)C(F)(F)F)cc2c1. The minimum atomic E-state index is -5.02. The summed E-state index contributed by atoms with van der Waals surface area (Å²) in [5.41, 5.74) is 2.53. The number of halogens is 3. The summed E-state index contributed by atoms with van der Waals surface area (Å²) in [5.74, 6) is -2.71. The Bertz CT molecular complexity index is 998. The number of carbonyl (C=O) groups is 2. The van der Waals surface area contributed by atoms with E-state index in [2.05, 4.69) is 10.3 Å². The lowest BCUT2D eigenvalue weighted by molar-refractivity contribution is -0.186. The molecule has 0 saturated carbocycles. The van der Waals surface area contributed by atoms with Gasteiger partial charge >= 0.3 is 12.1 Å². The third kappa shape index (κ3) is 3.88. The molecule has 150 valence electrons. The van der Waals surface area contributed by atoms with Crippen molar-refractivity contribution in [1.82, 2.24) is 15.2 Å². The van der Waals surface area contributed by atoms with Crippen molar-refractivity contribution in [3.8, 4) is 0 Å². The standard InChI is InChI=1S/C19H20F3N3O3/c1-10-6-11(2)15-12(7-10)8-13(16(26)24-15)9-23-17(27)14-4-3-5-25(14)18(28)19(20,21)22/h6-8,14H,3-5,9H2,1-2H3,(H,23,27)(H,24,26). The molecule has 2 N–H and O–H groups in total. The van der Waals surface area contributed by atoms with Crippen LogP contribution >= 0.6 is 0 Å². The monoisotopic (exact) mass is 395 g/mol. The maximum absolute atomic E-state index is 12.7. The Morgan fingerprint density at radius 1 is 1.25 bits per heavy atom. The topological polar surface area (TPSA) is 82.3 Å². The molecule has 2 aromatic rings. The van der Waals surface area contributed by atoms with Crippen LogP contribution in [-0.4, -0.2) is 40.5 Å². The van der Waals surface area contributed by atoms with E-state index in [-0.39, 0.29) is 30.6 Å². The van der Waals surface area contributed by atoms with Gasteiger partial charge < -0.3 is 15.2 Å². The highest BCUT2D eigenvalue weighted by molar-refractivity contribution is 5.90. The van der Waals surface area contributed by atoms with Gasteiger partial charge in [0.2, 0.25) is 5.91 Å². The van der Waals surface area contributed by atoms with Crippen molar-refractivity contribution in [1.29, 1.82) is 0 Å². The number of benzene rings is 1. The number of aromatic amines is 1. The number of pyridine rings is 1. The van der Waals surface area contributed by atoms with E-state index >= 15 is 0 Å². The molecule has 1 aromatic heterocycles. The van der Waals surface area contributed by atoms with E-state index in [1.54, 1.807) is 6.07 Å². The Morgan fingerprint density at radius 3 is 2.64 bits per heavy atom. The molecule has 9 heteroatoms. The number of nitrogens with one attached hydrogen (secondary N) is 2. The number of carbonyl (C=O) groups excluding carboxylic acids is 2. The first-order valence-electron chi connectivity index (χ1n) is 8.86. The lowest BCUT2D eigenvalue weighted by Crippen LogP contribution is -2.50. The lowest BCUT2D eigenvalue weighted by Gasteiger charge is -2.24. The zero-order valence-electron chi connectivity index (χ0n) is 15.4. The molecular weight excluding hydrogens is 375 g/mol. The fourth-order valence-electron chi connectivity index (χ4n) is 3.61. The summed E-state index contributed by atoms with van der Waals surface area (Å²) in [7, 11) is 0. The smallest absolute Gasteiger partial charge is 0.350 e.